The van der Waals surface area contributed by atoms with Crippen molar-refractivity contribution in [3.05, 3.63) is 23.8 Å². The maximum Gasteiger partial charge on any atom is 0.337 e. The molecule has 1 aromatic rings. The molecule has 0 radical (unpaired) electrons. The third-order valence-electron chi connectivity index (χ3n) is 3.23. The SMILES string of the molecule is COC(=O)c1ccc(S(=O)(=O)N2CCCSCC2)c(N)c1. The fourth-order valence-electron chi connectivity index (χ4n) is 2.13. The van der Waals surface area contributed by atoms with Gasteiger partial charge in [0.1, 0.15) is 4.90 Å². The van der Waals surface area contributed by atoms with Gasteiger partial charge < -0.3 is 10.5 Å². The zero-order chi connectivity index (χ0) is 15.5. The highest BCUT2D eigenvalue weighted by molar-refractivity contribution is 7.99. The first kappa shape index (κ1) is 16.1. The normalized spacial score (nSPS) is 17.2. The zero-order valence-corrected chi connectivity index (χ0v) is 13.4. The Kier molecular flexibility index (Phi) is 5.13. The molecule has 0 aromatic heterocycles. The molecule has 0 amide bonds. The highest BCUT2D eigenvalue weighted by Crippen LogP contribution is 2.25. The first-order chi connectivity index (χ1) is 9.96. The molecule has 21 heavy (non-hydrogen) atoms. The van der Waals surface area contributed by atoms with Crippen LogP contribution in [0.15, 0.2) is 23.1 Å². The summed E-state index contributed by atoms with van der Waals surface area (Å²) in [5, 5.41) is 0. The van der Waals surface area contributed by atoms with Gasteiger partial charge in [-0.3, -0.25) is 0 Å². The second-order valence-electron chi connectivity index (χ2n) is 4.61. The number of hydrogen-bond acceptors (Lipinski definition) is 6. The number of anilines is 1. The van der Waals surface area contributed by atoms with Crippen LogP contribution in [0.5, 0.6) is 0 Å². The number of benzene rings is 1. The van der Waals surface area contributed by atoms with Gasteiger partial charge in [0.25, 0.3) is 0 Å². The standard InChI is InChI=1S/C13H18N2O4S2/c1-19-13(16)10-3-4-12(11(14)9-10)21(17,18)15-5-2-7-20-8-6-15/h3-4,9H,2,5-8,14H2,1H3. The van der Waals surface area contributed by atoms with Crippen molar-refractivity contribution in [1.82, 2.24) is 4.31 Å². The Morgan fingerprint density at radius 1 is 1.33 bits per heavy atom. The number of methoxy groups -OCH3 is 1. The van der Waals surface area contributed by atoms with E-state index in [1.807, 2.05) is 0 Å². The lowest BCUT2D eigenvalue weighted by molar-refractivity contribution is 0.0600. The third-order valence-corrected chi connectivity index (χ3v) is 6.25. The van der Waals surface area contributed by atoms with Gasteiger partial charge in [0, 0.05) is 18.8 Å². The number of carbonyl (C=O) groups is 1. The molecule has 8 heteroatoms. The number of carbonyl (C=O) groups excluding carboxylic acids is 1. The van der Waals surface area contributed by atoms with E-state index in [0.29, 0.717) is 13.1 Å². The lowest BCUT2D eigenvalue weighted by Gasteiger charge is -2.20. The van der Waals surface area contributed by atoms with E-state index in [-0.39, 0.29) is 16.1 Å². The van der Waals surface area contributed by atoms with E-state index in [4.69, 9.17) is 5.73 Å². The summed E-state index contributed by atoms with van der Waals surface area (Å²) in [4.78, 5) is 11.5. The maximum atomic E-state index is 12.6. The summed E-state index contributed by atoms with van der Waals surface area (Å²) in [6.07, 6.45) is 0.823. The molecule has 116 valence electrons. The van der Waals surface area contributed by atoms with Crippen LogP contribution in [0.25, 0.3) is 0 Å². The molecule has 1 fully saturated rings. The molecule has 0 atom stereocenters. The van der Waals surface area contributed by atoms with E-state index in [2.05, 4.69) is 4.74 Å². The Labute approximate surface area is 128 Å². The van der Waals surface area contributed by atoms with Crippen molar-refractivity contribution in [2.24, 2.45) is 0 Å². The quantitative estimate of drug-likeness (QED) is 0.661. The summed E-state index contributed by atoms with van der Waals surface area (Å²) in [5.74, 6) is 1.19. The molecule has 6 nitrogen and oxygen atoms in total. The van der Waals surface area contributed by atoms with Crippen molar-refractivity contribution in [3.8, 4) is 0 Å². The lowest BCUT2D eigenvalue weighted by Crippen LogP contribution is -2.33. The summed E-state index contributed by atoms with van der Waals surface area (Å²) in [5.41, 5.74) is 6.13. The van der Waals surface area contributed by atoms with Gasteiger partial charge in [0.05, 0.1) is 18.4 Å². The van der Waals surface area contributed by atoms with Crippen LogP contribution in [0.2, 0.25) is 0 Å². The highest BCUT2D eigenvalue weighted by atomic mass is 32.2. The van der Waals surface area contributed by atoms with Gasteiger partial charge in [-0.15, -0.1) is 0 Å². The fourth-order valence-corrected chi connectivity index (χ4v) is 4.71. The smallest absolute Gasteiger partial charge is 0.337 e. The molecule has 2 rings (SSSR count). The summed E-state index contributed by atoms with van der Waals surface area (Å²) in [6, 6.07) is 4.13. The second kappa shape index (κ2) is 6.67. The number of nitrogens with two attached hydrogens (primary N) is 1. The monoisotopic (exact) mass is 330 g/mol. The molecule has 1 saturated heterocycles. The van der Waals surface area contributed by atoms with Crippen LogP contribution in [0.1, 0.15) is 16.8 Å². The van der Waals surface area contributed by atoms with Crippen molar-refractivity contribution in [2.75, 3.05) is 37.4 Å². The topological polar surface area (TPSA) is 89.7 Å². The van der Waals surface area contributed by atoms with E-state index in [1.54, 1.807) is 11.8 Å². The largest absolute Gasteiger partial charge is 0.465 e. The van der Waals surface area contributed by atoms with Crippen molar-refractivity contribution in [1.29, 1.82) is 0 Å². The van der Waals surface area contributed by atoms with Crippen molar-refractivity contribution < 1.29 is 17.9 Å². The average molecular weight is 330 g/mol. The number of sulfonamides is 1. The van der Waals surface area contributed by atoms with Crippen molar-refractivity contribution in [3.63, 3.8) is 0 Å². The number of ether oxygens (including phenoxy) is 1. The molecule has 2 N–H and O–H groups in total. The van der Waals surface area contributed by atoms with Crippen LogP contribution >= 0.6 is 11.8 Å². The Hall–Kier alpha value is -1.25. The molecule has 1 aliphatic rings. The van der Waals surface area contributed by atoms with Gasteiger partial charge in [0.2, 0.25) is 10.0 Å². The van der Waals surface area contributed by atoms with Crippen LogP contribution in [0.4, 0.5) is 5.69 Å². The van der Waals surface area contributed by atoms with Crippen LogP contribution in [-0.2, 0) is 14.8 Å². The fraction of sp³-hybridized carbons (Fsp3) is 0.462. The van der Waals surface area contributed by atoms with Gasteiger partial charge in [0.15, 0.2) is 0 Å². The molecular weight excluding hydrogens is 312 g/mol. The van der Waals surface area contributed by atoms with Crippen LogP contribution in [-0.4, -0.2) is 50.4 Å². The zero-order valence-electron chi connectivity index (χ0n) is 11.7. The average Bonchev–Trinajstić information content (AvgIpc) is 2.75. The molecule has 0 aliphatic carbocycles. The number of nitrogen functional groups attached to an aromatic ring is 1. The predicted molar refractivity (Wildman–Crippen MR) is 82.9 cm³/mol. The molecule has 1 heterocycles. The first-order valence-electron chi connectivity index (χ1n) is 6.52. The Morgan fingerprint density at radius 2 is 2.10 bits per heavy atom. The van der Waals surface area contributed by atoms with Gasteiger partial charge in [-0.05, 0) is 30.4 Å². The van der Waals surface area contributed by atoms with E-state index in [9.17, 15) is 13.2 Å². The Balaban J connectivity index is 2.33. The van der Waals surface area contributed by atoms with Crippen LogP contribution in [0.3, 0.4) is 0 Å². The molecule has 0 spiro atoms. The predicted octanol–water partition coefficient (Wildman–Crippen LogP) is 1.18. The summed E-state index contributed by atoms with van der Waals surface area (Å²) in [7, 11) is -2.36. The van der Waals surface area contributed by atoms with E-state index >= 15 is 0 Å². The number of hydrogen-bond donors (Lipinski definition) is 1. The Morgan fingerprint density at radius 3 is 2.76 bits per heavy atom. The molecule has 0 saturated carbocycles. The number of rotatable bonds is 3. The molecule has 0 unspecified atom stereocenters. The molecule has 1 aliphatic heterocycles. The Bertz CT molecular complexity index is 623. The lowest BCUT2D eigenvalue weighted by atomic mass is 10.2. The third kappa shape index (κ3) is 3.50. The minimum Gasteiger partial charge on any atom is -0.465 e. The summed E-state index contributed by atoms with van der Waals surface area (Å²) < 4.78 is 31.3. The van der Waals surface area contributed by atoms with Gasteiger partial charge in [-0.1, -0.05) is 0 Å². The molecular formula is C13H18N2O4S2. The maximum absolute atomic E-state index is 12.6. The number of thioether (sulfide) groups is 1. The van der Waals surface area contributed by atoms with Crippen molar-refractivity contribution >= 4 is 33.4 Å². The van der Waals surface area contributed by atoms with Crippen LogP contribution < -0.4 is 5.73 Å². The molecule has 1 aromatic carbocycles. The second-order valence-corrected chi connectivity index (χ2v) is 7.75. The van der Waals surface area contributed by atoms with Crippen LogP contribution in [0, 0.1) is 0 Å². The van der Waals surface area contributed by atoms with Gasteiger partial charge in [-0.2, -0.15) is 16.1 Å². The first-order valence-corrected chi connectivity index (χ1v) is 9.12. The number of esters is 1. The summed E-state index contributed by atoms with van der Waals surface area (Å²) >= 11 is 1.75. The number of nitrogens with zero attached hydrogens (tertiary/aromatic N) is 1. The van der Waals surface area contributed by atoms with Gasteiger partial charge >= 0.3 is 5.97 Å². The molecule has 0 bridgehead atoms. The highest BCUT2D eigenvalue weighted by Gasteiger charge is 2.27. The van der Waals surface area contributed by atoms with Crippen molar-refractivity contribution in [2.45, 2.75) is 11.3 Å². The van der Waals surface area contributed by atoms with E-state index in [1.165, 1.54) is 29.6 Å². The van der Waals surface area contributed by atoms with E-state index < -0.39 is 16.0 Å². The van der Waals surface area contributed by atoms with Gasteiger partial charge in [-0.25, -0.2) is 13.2 Å². The minimum atomic E-state index is -3.62. The minimum absolute atomic E-state index is 0.0436. The summed E-state index contributed by atoms with van der Waals surface area (Å²) in [6.45, 7) is 0.971. The van der Waals surface area contributed by atoms with E-state index in [0.717, 1.165) is 17.9 Å².